The Morgan fingerprint density at radius 2 is 1.65 bits per heavy atom. The summed E-state index contributed by atoms with van der Waals surface area (Å²) >= 11 is 9.20. The lowest BCUT2D eigenvalue weighted by Gasteiger charge is -2.21. The van der Waals surface area contributed by atoms with E-state index in [2.05, 4.69) is 26.5 Å². The van der Waals surface area contributed by atoms with Crippen molar-refractivity contribution in [3.63, 3.8) is 0 Å². The number of sulfonamides is 1. The summed E-state index contributed by atoms with van der Waals surface area (Å²) in [5.41, 5.74) is 3.87. The highest BCUT2D eigenvalue weighted by Gasteiger charge is 2.26. The number of hydrogen-bond acceptors (Lipinski definition) is 4. The lowest BCUT2D eigenvalue weighted by molar-refractivity contribution is -0.121. The van der Waals surface area contributed by atoms with Crippen LogP contribution in [0, 0.1) is 0 Å². The van der Waals surface area contributed by atoms with Crippen LogP contribution < -0.4 is 5.43 Å². The van der Waals surface area contributed by atoms with Crippen molar-refractivity contribution in [1.82, 2.24) is 9.73 Å². The third kappa shape index (κ3) is 6.73. The quantitative estimate of drug-likeness (QED) is 0.352. The third-order valence-electron chi connectivity index (χ3n) is 4.25. The van der Waals surface area contributed by atoms with Gasteiger partial charge in [0.05, 0.1) is 17.7 Å². The maximum Gasteiger partial charge on any atom is 0.255 e. The molecule has 0 aliphatic carbocycles. The van der Waals surface area contributed by atoms with Crippen LogP contribution in [0.2, 0.25) is 5.02 Å². The first-order valence-electron chi connectivity index (χ1n) is 9.22. The van der Waals surface area contributed by atoms with Gasteiger partial charge in [0, 0.05) is 16.0 Å². The van der Waals surface area contributed by atoms with Crippen molar-refractivity contribution in [2.45, 2.75) is 11.4 Å². The molecule has 1 N–H and O–H groups in total. The van der Waals surface area contributed by atoms with Crippen LogP contribution in [0.3, 0.4) is 0 Å². The number of rotatable bonds is 8. The van der Waals surface area contributed by atoms with Crippen LogP contribution in [0.1, 0.15) is 11.1 Å². The highest BCUT2D eigenvalue weighted by molar-refractivity contribution is 9.10. The number of hydrogen-bond donors (Lipinski definition) is 1. The van der Waals surface area contributed by atoms with Gasteiger partial charge in [-0.05, 0) is 47.5 Å². The molecule has 160 valence electrons. The molecular formula is C22H19BrClN3O3S. The molecular weight excluding hydrogens is 502 g/mol. The molecule has 31 heavy (non-hydrogen) atoms. The molecule has 0 saturated heterocycles. The molecule has 0 heterocycles. The Balaban J connectivity index is 1.76. The van der Waals surface area contributed by atoms with Crippen molar-refractivity contribution in [1.29, 1.82) is 0 Å². The summed E-state index contributed by atoms with van der Waals surface area (Å²) in [6.45, 7) is -0.343. The van der Waals surface area contributed by atoms with E-state index in [1.54, 1.807) is 54.6 Å². The second-order valence-electron chi connectivity index (χ2n) is 6.56. The number of amides is 1. The first-order chi connectivity index (χ1) is 14.8. The van der Waals surface area contributed by atoms with Crippen LogP contribution in [0.15, 0.2) is 93.3 Å². The molecule has 3 rings (SSSR count). The zero-order valence-electron chi connectivity index (χ0n) is 16.3. The zero-order valence-corrected chi connectivity index (χ0v) is 19.4. The molecule has 1 amide bonds. The van der Waals surface area contributed by atoms with Gasteiger partial charge in [-0.3, -0.25) is 4.79 Å². The minimum atomic E-state index is -3.89. The summed E-state index contributed by atoms with van der Waals surface area (Å²) in [4.78, 5) is 12.6. The van der Waals surface area contributed by atoms with E-state index in [1.807, 2.05) is 12.1 Å². The summed E-state index contributed by atoms with van der Waals surface area (Å²) in [5, 5.41) is 4.50. The van der Waals surface area contributed by atoms with E-state index in [0.717, 1.165) is 19.9 Å². The van der Waals surface area contributed by atoms with E-state index in [4.69, 9.17) is 11.6 Å². The van der Waals surface area contributed by atoms with E-state index >= 15 is 0 Å². The number of nitrogens with zero attached hydrogens (tertiary/aromatic N) is 2. The second-order valence-corrected chi connectivity index (χ2v) is 9.85. The topological polar surface area (TPSA) is 78.8 Å². The predicted molar refractivity (Wildman–Crippen MR) is 125 cm³/mol. The fourth-order valence-electron chi connectivity index (χ4n) is 2.68. The highest BCUT2D eigenvalue weighted by Crippen LogP contribution is 2.19. The summed E-state index contributed by atoms with van der Waals surface area (Å²) in [6, 6.07) is 22.2. The van der Waals surface area contributed by atoms with E-state index < -0.39 is 15.9 Å². The smallest absolute Gasteiger partial charge is 0.255 e. The fraction of sp³-hybridized carbons (Fsp3) is 0.0909. The van der Waals surface area contributed by atoms with Crippen molar-refractivity contribution in [2.24, 2.45) is 5.10 Å². The minimum absolute atomic E-state index is 0.0405. The van der Waals surface area contributed by atoms with Crippen LogP contribution in [-0.4, -0.2) is 31.4 Å². The van der Waals surface area contributed by atoms with Gasteiger partial charge in [-0.1, -0.05) is 70.0 Å². The molecule has 0 saturated carbocycles. The largest absolute Gasteiger partial charge is 0.272 e. The van der Waals surface area contributed by atoms with Crippen LogP contribution in [0.5, 0.6) is 0 Å². The molecule has 0 aliphatic heterocycles. The maximum atomic E-state index is 13.2. The average molecular weight is 521 g/mol. The van der Waals surface area contributed by atoms with Crippen LogP contribution in [-0.2, 0) is 21.4 Å². The summed E-state index contributed by atoms with van der Waals surface area (Å²) in [5.74, 6) is -0.554. The summed E-state index contributed by atoms with van der Waals surface area (Å²) in [7, 11) is -3.89. The summed E-state index contributed by atoms with van der Waals surface area (Å²) < 4.78 is 28.3. The van der Waals surface area contributed by atoms with Crippen LogP contribution >= 0.6 is 27.5 Å². The van der Waals surface area contributed by atoms with E-state index in [-0.39, 0.29) is 18.0 Å². The number of carbonyl (C=O) groups is 1. The molecule has 0 aliphatic rings. The zero-order chi connectivity index (χ0) is 22.3. The molecule has 0 atom stereocenters. The molecule has 0 aromatic heterocycles. The number of nitrogens with one attached hydrogen (secondary N) is 1. The van der Waals surface area contributed by atoms with Gasteiger partial charge in [0.1, 0.15) is 0 Å². The van der Waals surface area contributed by atoms with Gasteiger partial charge in [-0.15, -0.1) is 0 Å². The van der Waals surface area contributed by atoms with Gasteiger partial charge in [0.25, 0.3) is 5.91 Å². The first kappa shape index (κ1) is 23.1. The lowest BCUT2D eigenvalue weighted by Crippen LogP contribution is -2.39. The first-order valence-corrected chi connectivity index (χ1v) is 11.8. The van der Waals surface area contributed by atoms with Gasteiger partial charge in [-0.2, -0.15) is 9.41 Å². The van der Waals surface area contributed by atoms with Crippen molar-refractivity contribution >= 4 is 49.7 Å². The monoisotopic (exact) mass is 519 g/mol. The van der Waals surface area contributed by atoms with Crippen molar-refractivity contribution < 1.29 is 13.2 Å². The van der Waals surface area contributed by atoms with Crippen molar-refractivity contribution in [3.8, 4) is 0 Å². The average Bonchev–Trinajstić information content (AvgIpc) is 2.77. The maximum absolute atomic E-state index is 13.2. The number of benzene rings is 3. The Morgan fingerprint density at radius 1 is 1.00 bits per heavy atom. The third-order valence-corrected chi connectivity index (χ3v) is 6.83. The Labute approximate surface area is 194 Å². The highest BCUT2D eigenvalue weighted by atomic mass is 79.9. The molecule has 0 spiro atoms. The number of carbonyl (C=O) groups excluding carboxylic acids is 1. The normalized spacial score (nSPS) is 11.7. The molecule has 9 heteroatoms. The minimum Gasteiger partial charge on any atom is -0.272 e. The predicted octanol–water partition coefficient (Wildman–Crippen LogP) is 4.44. The molecule has 0 unspecified atom stereocenters. The van der Waals surface area contributed by atoms with Crippen LogP contribution in [0.25, 0.3) is 0 Å². The second kappa shape index (κ2) is 10.7. The lowest BCUT2D eigenvalue weighted by atomic mass is 10.2. The number of halogens is 2. The van der Waals surface area contributed by atoms with Gasteiger partial charge in [0.2, 0.25) is 10.0 Å². The van der Waals surface area contributed by atoms with E-state index in [9.17, 15) is 13.2 Å². The van der Waals surface area contributed by atoms with Gasteiger partial charge in [0.15, 0.2) is 0 Å². The number of hydrazone groups is 1. The Hall–Kier alpha value is -2.52. The molecule has 3 aromatic rings. The Morgan fingerprint density at radius 3 is 2.29 bits per heavy atom. The molecule has 3 aromatic carbocycles. The molecule has 0 fully saturated rings. The molecule has 0 bridgehead atoms. The van der Waals surface area contributed by atoms with E-state index in [1.165, 1.54) is 18.3 Å². The van der Waals surface area contributed by atoms with Gasteiger partial charge < -0.3 is 0 Å². The van der Waals surface area contributed by atoms with Gasteiger partial charge >= 0.3 is 0 Å². The van der Waals surface area contributed by atoms with Crippen LogP contribution in [0.4, 0.5) is 0 Å². The fourth-order valence-corrected chi connectivity index (χ4v) is 4.48. The Kier molecular flexibility index (Phi) is 7.97. The molecule has 0 radical (unpaired) electrons. The van der Waals surface area contributed by atoms with E-state index in [0.29, 0.717) is 5.02 Å². The Bertz CT molecular complexity index is 1150. The summed E-state index contributed by atoms with van der Waals surface area (Å²) in [6.07, 6.45) is 1.46. The SMILES string of the molecule is O=C(CN(Cc1ccc(Br)cc1)S(=O)(=O)c1ccccc1)N/N=C\c1ccc(Cl)cc1. The van der Waals surface area contributed by atoms with Crippen molar-refractivity contribution in [3.05, 3.63) is 99.5 Å². The molecule has 6 nitrogen and oxygen atoms in total. The van der Waals surface area contributed by atoms with Gasteiger partial charge in [-0.25, -0.2) is 13.8 Å². The standard InChI is InChI=1S/C22H19BrClN3O3S/c23-19-10-6-18(7-11-19)15-27(31(29,30)21-4-2-1-3-5-21)16-22(28)26-25-14-17-8-12-20(24)13-9-17/h1-14H,15-16H2,(H,26,28)/b25-14-. The van der Waals surface area contributed by atoms with Crippen molar-refractivity contribution in [2.75, 3.05) is 6.54 Å².